The van der Waals surface area contributed by atoms with Gasteiger partial charge in [-0.15, -0.1) is 0 Å². The first-order valence-corrected chi connectivity index (χ1v) is 9.13. The summed E-state index contributed by atoms with van der Waals surface area (Å²) in [4.78, 5) is 40.6. The lowest BCUT2D eigenvalue weighted by Gasteiger charge is -2.18. The molecule has 6 N–H and O–H groups in total. The van der Waals surface area contributed by atoms with E-state index in [-0.39, 0.29) is 23.5 Å². The average Bonchev–Trinajstić information content (AvgIpc) is 3.00. The van der Waals surface area contributed by atoms with Gasteiger partial charge in [0.15, 0.2) is 11.2 Å². The van der Waals surface area contributed by atoms with Crippen LogP contribution in [0, 0.1) is 0 Å². The van der Waals surface area contributed by atoms with Crippen molar-refractivity contribution >= 4 is 35.6 Å². The number of imidazole rings is 1. The summed E-state index contributed by atoms with van der Waals surface area (Å²) in [5.41, 5.74) is 5.33. The van der Waals surface area contributed by atoms with Crippen LogP contribution in [0.5, 0.6) is 0 Å². The lowest BCUT2D eigenvalue weighted by Crippen LogP contribution is -2.26. The van der Waals surface area contributed by atoms with E-state index in [1.54, 1.807) is 0 Å². The van der Waals surface area contributed by atoms with Crippen LogP contribution in [0.4, 0.5) is 5.95 Å². The maximum Gasteiger partial charge on any atom is 0.322 e. The van der Waals surface area contributed by atoms with Gasteiger partial charge in [0.25, 0.3) is 5.56 Å². The number of nitrogens with one attached hydrogen (secondary N) is 1. The number of H-pyrrole nitrogens is 1. The molecule has 0 unspecified atom stereocenters. The Labute approximate surface area is 134 Å². The summed E-state index contributed by atoms with van der Waals surface area (Å²) < 4.78 is 12.1. The van der Waals surface area contributed by atoms with E-state index in [0.29, 0.717) is 0 Å². The Hall–Kier alpha value is -1.40. The fourth-order valence-corrected chi connectivity index (χ4v) is 3.38. The van der Waals surface area contributed by atoms with Gasteiger partial charge in [-0.3, -0.25) is 14.3 Å². The second-order valence-electron chi connectivity index (χ2n) is 4.96. The Morgan fingerprint density at radius 1 is 1.61 bits per heavy atom. The number of aliphatic hydroxyl groups is 1. The van der Waals surface area contributed by atoms with Crippen LogP contribution in [0.2, 0.25) is 0 Å². The highest BCUT2D eigenvalue weighted by molar-refractivity contribution is 8.06. The van der Waals surface area contributed by atoms with Crippen LogP contribution in [0.1, 0.15) is 12.6 Å². The second-order valence-corrected chi connectivity index (χ2v) is 7.58. The molecule has 11 nitrogen and oxygen atoms in total. The van der Waals surface area contributed by atoms with Gasteiger partial charge < -0.3 is 29.9 Å². The van der Waals surface area contributed by atoms with Crippen LogP contribution in [0.15, 0.2) is 11.1 Å². The quantitative estimate of drug-likeness (QED) is 0.406. The van der Waals surface area contributed by atoms with Crippen LogP contribution < -0.4 is 11.3 Å². The Kier molecular flexibility index (Phi) is 4.23. The Balaban J connectivity index is 1.94. The zero-order valence-corrected chi connectivity index (χ0v) is 13.3. The van der Waals surface area contributed by atoms with E-state index in [1.807, 2.05) is 0 Å². The van der Waals surface area contributed by atoms with Gasteiger partial charge in [0.05, 0.1) is 19.0 Å². The summed E-state index contributed by atoms with van der Waals surface area (Å²) in [6.07, 6.45) is -0.801. The first-order chi connectivity index (χ1) is 10.8. The van der Waals surface area contributed by atoms with Crippen LogP contribution in [0.25, 0.3) is 11.2 Å². The number of aromatic amines is 1. The van der Waals surface area contributed by atoms with Crippen LogP contribution in [-0.2, 0) is 21.1 Å². The molecule has 0 bridgehead atoms. The minimum absolute atomic E-state index is 0.0741. The minimum atomic E-state index is -3.91. The molecule has 0 amide bonds. The molecule has 0 saturated carbocycles. The van der Waals surface area contributed by atoms with Crippen molar-refractivity contribution in [2.45, 2.75) is 24.9 Å². The standard InChI is InChI=1S/C10H14N5O6PS/c11-10-13-8-7(9(17)14-10)12-3-15(8)6-1-4(5(2-16)20-6)21-22(18,19)23/h3-6,16H,1-2H2,(H2,18,19,23)(H3,11,13,14,17)/t4-,5+,6+/m0/s1. The molecule has 3 rings (SSSR count). The Morgan fingerprint density at radius 3 is 3.00 bits per heavy atom. The predicted octanol–water partition coefficient (Wildman–Crippen LogP) is -1.42. The van der Waals surface area contributed by atoms with Gasteiger partial charge in [-0.25, -0.2) is 4.98 Å². The summed E-state index contributed by atoms with van der Waals surface area (Å²) in [5.74, 6) is -0.0741. The molecule has 0 aliphatic carbocycles. The van der Waals surface area contributed by atoms with Crippen molar-refractivity contribution in [1.29, 1.82) is 0 Å². The third kappa shape index (κ3) is 3.28. The predicted molar refractivity (Wildman–Crippen MR) is 81.8 cm³/mol. The molecule has 0 spiro atoms. The highest BCUT2D eigenvalue weighted by Gasteiger charge is 2.39. The Bertz CT molecular complexity index is 833. The normalized spacial score (nSPS) is 25.3. The third-order valence-corrected chi connectivity index (χ3v) is 4.20. The van der Waals surface area contributed by atoms with Crippen molar-refractivity contribution in [2.75, 3.05) is 12.3 Å². The van der Waals surface area contributed by atoms with E-state index in [1.165, 1.54) is 10.9 Å². The number of anilines is 1. The monoisotopic (exact) mass is 363 g/mol. The molecule has 1 fully saturated rings. The van der Waals surface area contributed by atoms with Gasteiger partial charge in [-0.05, 0) is 11.8 Å². The lowest BCUT2D eigenvalue weighted by molar-refractivity contribution is -0.0406. The number of aliphatic hydroxyl groups excluding tert-OH is 1. The summed E-state index contributed by atoms with van der Waals surface area (Å²) >= 11 is 4.44. The van der Waals surface area contributed by atoms with Gasteiger partial charge in [0, 0.05) is 6.42 Å². The average molecular weight is 363 g/mol. The maximum atomic E-state index is 11.8. The van der Waals surface area contributed by atoms with E-state index < -0.39 is 37.3 Å². The van der Waals surface area contributed by atoms with Crippen molar-refractivity contribution in [3.8, 4) is 0 Å². The van der Waals surface area contributed by atoms with Crippen molar-refractivity contribution in [3.63, 3.8) is 0 Å². The SMILES string of the molecule is Nc1nc2c(ncn2[C@H]2C[C@H](OP(O)(O)=S)[C@@H](CO)O2)c(=O)[nH]1. The van der Waals surface area contributed by atoms with E-state index in [9.17, 15) is 19.7 Å². The van der Waals surface area contributed by atoms with Crippen molar-refractivity contribution < 1.29 is 24.2 Å². The fourth-order valence-electron chi connectivity index (χ4n) is 2.48. The number of nitrogens with zero attached hydrogens (tertiary/aromatic N) is 3. The van der Waals surface area contributed by atoms with Gasteiger partial charge in [0.1, 0.15) is 12.3 Å². The number of nitrogen functional groups attached to an aromatic ring is 1. The molecule has 126 valence electrons. The van der Waals surface area contributed by atoms with Gasteiger partial charge in [-0.2, -0.15) is 4.98 Å². The first kappa shape index (κ1) is 16.5. The third-order valence-electron chi connectivity index (χ3n) is 3.39. The molecule has 1 aliphatic rings. The Morgan fingerprint density at radius 2 is 2.35 bits per heavy atom. The van der Waals surface area contributed by atoms with Crippen molar-refractivity contribution in [3.05, 3.63) is 16.7 Å². The van der Waals surface area contributed by atoms with Crippen LogP contribution in [-0.4, -0.2) is 53.2 Å². The smallest absolute Gasteiger partial charge is 0.322 e. The lowest BCUT2D eigenvalue weighted by atomic mass is 10.2. The number of nitrogens with two attached hydrogens (primary N) is 1. The number of fused-ring (bicyclic) bond motifs is 1. The van der Waals surface area contributed by atoms with Crippen molar-refractivity contribution in [1.82, 2.24) is 19.5 Å². The van der Waals surface area contributed by atoms with Gasteiger partial charge in [-0.1, -0.05) is 0 Å². The van der Waals surface area contributed by atoms with E-state index in [2.05, 4.69) is 26.8 Å². The summed E-state index contributed by atoms with van der Waals surface area (Å²) in [6, 6.07) is 0. The largest absolute Gasteiger partial charge is 0.394 e. The van der Waals surface area contributed by atoms with E-state index in [0.717, 1.165) is 0 Å². The topological polar surface area (TPSA) is 169 Å². The number of ether oxygens (including phenoxy) is 1. The zero-order chi connectivity index (χ0) is 16.8. The van der Waals surface area contributed by atoms with Gasteiger partial charge in [0.2, 0.25) is 5.95 Å². The number of rotatable bonds is 4. The van der Waals surface area contributed by atoms with Crippen molar-refractivity contribution in [2.24, 2.45) is 0 Å². The molecule has 0 aromatic carbocycles. The molecule has 2 aromatic rings. The number of hydrogen-bond donors (Lipinski definition) is 5. The second kappa shape index (κ2) is 5.91. The number of hydrogen-bond acceptors (Lipinski definition) is 8. The van der Waals surface area contributed by atoms with Gasteiger partial charge >= 0.3 is 6.72 Å². The summed E-state index contributed by atoms with van der Waals surface area (Å²) in [7, 11) is 0. The molecule has 0 radical (unpaired) electrons. The van der Waals surface area contributed by atoms with E-state index in [4.69, 9.17) is 15.0 Å². The molecule has 1 saturated heterocycles. The molecule has 3 atom stereocenters. The maximum absolute atomic E-state index is 11.8. The highest BCUT2D eigenvalue weighted by atomic mass is 32.5. The molecule has 2 aromatic heterocycles. The number of aromatic nitrogens is 4. The molecular formula is C10H14N5O6PS. The van der Waals surface area contributed by atoms with E-state index >= 15 is 0 Å². The molecule has 1 aliphatic heterocycles. The zero-order valence-electron chi connectivity index (χ0n) is 11.6. The summed E-state index contributed by atoms with van der Waals surface area (Å²) in [6.45, 7) is -4.31. The van der Waals surface area contributed by atoms with Crippen LogP contribution >= 0.6 is 6.72 Å². The molecular weight excluding hydrogens is 349 g/mol. The highest BCUT2D eigenvalue weighted by Crippen LogP contribution is 2.44. The fraction of sp³-hybridized carbons (Fsp3) is 0.500. The summed E-state index contributed by atoms with van der Waals surface area (Å²) in [5, 5.41) is 9.34. The molecule has 23 heavy (non-hydrogen) atoms. The molecule has 3 heterocycles. The first-order valence-electron chi connectivity index (χ1n) is 6.51. The van der Waals surface area contributed by atoms with Crippen LogP contribution in [0.3, 0.4) is 0 Å². The minimum Gasteiger partial charge on any atom is -0.394 e. The molecule has 13 heteroatoms.